The van der Waals surface area contributed by atoms with Crippen LogP contribution in [0.5, 0.6) is 0 Å². The van der Waals surface area contributed by atoms with E-state index in [0.29, 0.717) is 5.15 Å². The molecule has 0 aliphatic heterocycles. The Balaban J connectivity index is 2.26. The molecule has 0 saturated heterocycles. The Morgan fingerprint density at radius 2 is 2.00 bits per heavy atom. The number of aromatic nitrogens is 2. The molecule has 94 valence electrons. The van der Waals surface area contributed by atoms with Crippen molar-refractivity contribution in [3.8, 4) is 0 Å². The van der Waals surface area contributed by atoms with E-state index in [1.165, 1.54) is 6.20 Å². The highest BCUT2D eigenvalue weighted by Crippen LogP contribution is 2.25. The Hall–Kier alpha value is -1.32. The first-order chi connectivity index (χ1) is 8.58. The van der Waals surface area contributed by atoms with Crippen LogP contribution in [-0.2, 0) is 0 Å². The van der Waals surface area contributed by atoms with Crippen LogP contribution in [0.4, 0.5) is 5.82 Å². The van der Waals surface area contributed by atoms with E-state index in [-0.39, 0.29) is 6.04 Å². The van der Waals surface area contributed by atoms with Gasteiger partial charge < -0.3 is 4.90 Å². The summed E-state index contributed by atoms with van der Waals surface area (Å²) in [5.74, 6) is 0.731. The van der Waals surface area contributed by atoms with E-state index >= 15 is 0 Å². The number of benzene rings is 1. The summed E-state index contributed by atoms with van der Waals surface area (Å²) in [6, 6.07) is 7.91. The van der Waals surface area contributed by atoms with Crippen LogP contribution in [0.2, 0.25) is 10.2 Å². The third-order valence-electron chi connectivity index (χ3n) is 2.87. The quantitative estimate of drug-likeness (QED) is 0.852. The Bertz CT molecular complexity index is 496. The van der Waals surface area contributed by atoms with Crippen LogP contribution in [0.15, 0.2) is 36.7 Å². The fourth-order valence-corrected chi connectivity index (χ4v) is 2.03. The lowest BCUT2D eigenvalue weighted by Gasteiger charge is -2.26. The van der Waals surface area contributed by atoms with E-state index in [1.807, 2.05) is 36.2 Å². The van der Waals surface area contributed by atoms with Crippen molar-refractivity contribution in [2.75, 3.05) is 11.9 Å². The van der Waals surface area contributed by atoms with Crippen LogP contribution >= 0.6 is 23.2 Å². The Morgan fingerprint density at radius 3 is 2.67 bits per heavy atom. The van der Waals surface area contributed by atoms with E-state index < -0.39 is 0 Å². The molecule has 3 nitrogen and oxygen atoms in total. The van der Waals surface area contributed by atoms with Crippen LogP contribution in [0, 0.1) is 0 Å². The minimum Gasteiger partial charge on any atom is -0.352 e. The number of rotatable bonds is 3. The lowest BCUT2D eigenvalue weighted by Crippen LogP contribution is -2.22. The summed E-state index contributed by atoms with van der Waals surface area (Å²) >= 11 is 11.8. The zero-order chi connectivity index (χ0) is 13.1. The molecule has 0 fully saturated rings. The lowest BCUT2D eigenvalue weighted by atomic mass is 10.1. The van der Waals surface area contributed by atoms with Crippen molar-refractivity contribution >= 4 is 29.0 Å². The topological polar surface area (TPSA) is 29.0 Å². The Morgan fingerprint density at radius 1 is 1.22 bits per heavy atom. The first kappa shape index (κ1) is 13.1. The van der Waals surface area contributed by atoms with Gasteiger partial charge in [-0.3, -0.25) is 4.98 Å². The van der Waals surface area contributed by atoms with Crippen molar-refractivity contribution in [2.24, 2.45) is 0 Å². The zero-order valence-corrected chi connectivity index (χ0v) is 11.7. The van der Waals surface area contributed by atoms with Gasteiger partial charge >= 0.3 is 0 Å². The maximum Gasteiger partial charge on any atom is 0.149 e. The van der Waals surface area contributed by atoms with Crippen LogP contribution in [0.3, 0.4) is 0 Å². The molecule has 1 aromatic carbocycles. The van der Waals surface area contributed by atoms with Gasteiger partial charge in [0, 0.05) is 12.1 Å². The van der Waals surface area contributed by atoms with E-state index in [0.717, 1.165) is 16.4 Å². The highest BCUT2D eigenvalue weighted by Gasteiger charge is 2.14. The van der Waals surface area contributed by atoms with E-state index in [1.54, 1.807) is 6.20 Å². The predicted molar refractivity (Wildman–Crippen MR) is 75.3 cm³/mol. The molecule has 0 spiro atoms. The fraction of sp³-hybridized carbons (Fsp3) is 0.231. The number of hydrogen-bond acceptors (Lipinski definition) is 3. The molecule has 2 aromatic rings. The van der Waals surface area contributed by atoms with Crippen molar-refractivity contribution < 1.29 is 0 Å². The molecule has 0 radical (unpaired) electrons. The van der Waals surface area contributed by atoms with Gasteiger partial charge in [0.1, 0.15) is 11.0 Å². The number of nitrogens with zero attached hydrogens (tertiary/aromatic N) is 3. The fourth-order valence-electron chi connectivity index (χ4n) is 1.69. The average Bonchev–Trinajstić information content (AvgIpc) is 2.37. The average molecular weight is 282 g/mol. The number of anilines is 1. The normalized spacial score (nSPS) is 12.2. The lowest BCUT2D eigenvalue weighted by molar-refractivity contribution is 0.726. The minimum atomic E-state index is 0.136. The SMILES string of the molecule is CC(c1cccc(Cl)c1)N(C)c1cncc(Cl)n1. The van der Waals surface area contributed by atoms with E-state index in [2.05, 4.69) is 16.9 Å². The molecule has 0 bridgehead atoms. The summed E-state index contributed by atoms with van der Waals surface area (Å²) in [6.07, 6.45) is 3.20. The molecule has 1 atom stereocenters. The second kappa shape index (κ2) is 5.55. The summed E-state index contributed by atoms with van der Waals surface area (Å²) in [6.45, 7) is 2.08. The van der Waals surface area contributed by atoms with Gasteiger partial charge in [0.15, 0.2) is 0 Å². The van der Waals surface area contributed by atoms with Gasteiger partial charge in [-0.25, -0.2) is 4.98 Å². The van der Waals surface area contributed by atoms with E-state index in [4.69, 9.17) is 23.2 Å². The molecule has 0 saturated carbocycles. The van der Waals surface area contributed by atoms with Gasteiger partial charge in [-0.05, 0) is 24.6 Å². The molecule has 0 aliphatic rings. The van der Waals surface area contributed by atoms with Crippen LogP contribution in [-0.4, -0.2) is 17.0 Å². The van der Waals surface area contributed by atoms with Crippen LogP contribution in [0.1, 0.15) is 18.5 Å². The zero-order valence-electron chi connectivity index (χ0n) is 10.1. The molecule has 1 heterocycles. The molecule has 18 heavy (non-hydrogen) atoms. The van der Waals surface area contributed by atoms with E-state index in [9.17, 15) is 0 Å². The van der Waals surface area contributed by atoms with Crippen molar-refractivity contribution in [3.05, 3.63) is 52.4 Å². The molecular formula is C13H13Cl2N3. The second-order valence-corrected chi connectivity index (χ2v) is 4.87. The van der Waals surface area contributed by atoms with Gasteiger partial charge in [0.25, 0.3) is 0 Å². The Labute approximate surface area is 116 Å². The summed E-state index contributed by atoms with van der Waals surface area (Å²) in [5.41, 5.74) is 1.12. The summed E-state index contributed by atoms with van der Waals surface area (Å²) in [7, 11) is 1.95. The summed E-state index contributed by atoms with van der Waals surface area (Å²) in [5, 5.41) is 1.11. The first-order valence-electron chi connectivity index (χ1n) is 5.54. The highest BCUT2D eigenvalue weighted by molar-refractivity contribution is 6.30. The minimum absolute atomic E-state index is 0.136. The van der Waals surface area contributed by atoms with Gasteiger partial charge in [0.05, 0.1) is 18.4 Å². The molecule has 5 heteroatoms. The largest absolute Gasteiger partial charge is 0.352 e. The van der Waals surface area contributed by atoms with Gasteiger partial charge in [-0.2, -0.15) is 0 Å². The molecule has 0 amide bonds. The van der Waals surface area contributed by atoms with Gasteiger partial charge in [0.2, 0.25) is 0 Å². The third-order valence-corrected chi connectivity index (χ3v) is 3.28. The summed E-state index contributed by atoms with van der Waals surface area (Å²) < 4.78 is 0. The van der Waals surface area contributed by atoms with Crippen LogP contribution in [0.25, 0.3) is 0 Å². The molecule has 0 N–H and O–H groups in total. The standard InChI is InChI=1S/C13H13Cl2N3/c1-9(10-4-3-5-11(14)6-10)18(2)13-8-16-7-12(15)17-13/h3-9H,1-2H3. The van der Waals surface area contributed by atoms with Gasteiger partial charge in [-0.1, -0.05) is 35.3 Å². The van der Waals surface area contributed by atoms with Gasteiger partial charge in [-0.15, -0.1) is 0 Å². The Kier molecular flexibility index (Phi) is 4.04. The monoisotopic (exact) mass is 281 g/mol. The summed E-state index contributed by atoms with van der Waals surface area (Å²) in [4.78, 5) is 10.3. The maximum absolute atomic E-state index is 6.00. The third kappa shape index (κ3) is 2.92. The molecular weight excluding hydrogens is 269 g/mol. The number of halogens is 2. The smallest absolute Gasteiger partial charge is 0.149 e. The maximum atomic E-state index is 6.00. The van der Waals surface area contributed by atoms with Crippen molar-refractivity contribution in [1.29, 1.82) is 0 Å². The molecule has 1 aromatic heterocycles. The van der Waals surface area contributed by atoms with Crippen molar-refractivity contribution in [2.45, 2.75) is 13.0 Å². The van der Waals surface area contributed by atoms with Crippen molar-refractivity contribution in [1.82, 2.24) is 9.97 Å². The predicted octanol–water partition coefficient (Wildman–Crippen LogP) is 3.98. The molecule has 0 aliphatic carbocycles. The first-order valence-corrected chi connectivity index (χ1v) is 6.29. The van der Waals surface area contributed by atoms with Crippen molar-refractivity contribution in [3.63, 3.8) is 0 Å². The molecule has 2 rings (SSSR count). The molecule has 1 unspecified atom stereocenters. The number of hydrogen-bond donors (Lipinski definition) is 0. The highest BCUT2D eigenvalue weighted by atomic mass is 35.5. The second-order valence-electron chi connectivity index (χ2n) is 4.04. The van der Waals surface area contributed by atoms with Crippen LogP contribution < -0.4 is 4.90 Å².